The number of carboxylic acid groups (broad SMARTS) is 2. The van der Waals surface area contributed by atoms with Gasteiger partial charge in [0.2, 0.25) is 0 Å². The summed E-state index contributed by atoms with van der Waals surface area (Å²) in [6.07, 6.45) is 0. The maximum absolute atomic E-state index is 10.7. The fourth-order valence-electron chi connectivity index (χ4n) is 0.938. The first-order chi connectivity index (χ1) is 7.69. The standard InChI is InChI=1S/C8H5O4.Cu.HO3S/c9-7(10)5-2-1-3-6(4-5)8(11)12;;1-4(2)3/h2-4H,(H,9,10)(H,11,12);;(H,1,2,3). The van der Waals surface area contributed by atoms with Crippen LogP contribution < -0.4 is 4.46 Å². The van der Waals surface area contributed by atoms with Crippen LogP contribution in [0.1, 0.15) is 20.7 Å². The summed E-state index contributed by atoms with van der Waals surface area (Å²) in [4.78, 5) is 21.4. The van der Waals surface area contributed by atoms with Gasteiger partial charge >= 0.3 is 101 Å². The molecule has 0 aliphatic carbocycles. The molecular formula is C8H6CuO7S. The van der Waals surface area contributed by atoms with E-state index in [9.17, 15) is 18.0 Å². The summed E-state index contributed by atoms with van der Waals surface area (Å²) in [5.74, 6) is -2.80. The number of aromatic carboxylic acids is 2. The van der Waals surface area contributed by atoms with E-state index in [2.05, 4.69) is 0 Å². The van der Waals surface area contributed by atoms with Crippen LogP contribution in [0.25, 0.3) is 0 Å². The molecule has 0 bridgehead atoms. The Labute approximate surface area is 101 Å². The van der Waals surface area contributed by atoms with Gasteiger partial charge in [-0.3, -0.25) is 0 Å². The molecule has 0 heterocycles. The Kier molecular flexibility index (Phi) is 3.89. The van der Waals surface area contributed by atoms with E-state index in [-0.39, 0.29) is 29.4 Å². The van der Waals surface area contributed by atoms with Gasteiger partial charge in [0.15, 0.2) is 0 Å². The minimum absolute atomic E-state index is 0.0655. The predicted molar refractivity (Wildman–Crippen MR) is 51.5 cm³/mol. The second-order valence-corrected chi connectivity index (χ2v) is 6.18. The number of carboxylic acids is 2. The van der Waals surface area contributed by atoms with Gasteiger partial charge in [0.05, 0.1) is 0 Å². The topological polar surface area (TPSA) is 129 Å². The van der Waals surface area contributed by atoms with E-state index in [0.29, 0.717) is 0 Å². The van der Waals surface area contributed by atoms with Crippen LogP contribution in [0.5, 0.6) is 0 Å². The molecule has 7 nitrogen and oxygen atoms in total. The molecule has 1 aromatic rings. The first kappa shape index (κ1) is 13.7. The van der Waals surface area contributed by atoms with Crippen molar-refractivity contribution >= 4 is 24.9 Å². The fourth-order valence-corrected chi connectivity index (χ4v) is 2.66. The molecule has 17 heavy (non-hydrogen) atoms. The van der Waals surface area contributed by atoms with Crippen LogP contribution in [0.3, 0.4) is 0 Å². The molecule has 0 radical (unpaired) electrons. The Bertz CT molecular complexity index is 545. The van der Waals surface area contributed by atoms with Gasteiger partial charge < -0.3 is 0 Å². The van der Waals surface area contributed by atoms with Crippen molar-refractivity contribution in [2.45, 2.75) is 0 Å². The van der Waals surface area contributed by atoms with Gasteiger partial charge in [-0.25, -0.2) is 0 Å². The van der Waals surface area contributed by atoms with Gasteiger partial charge in [-0.2, -0.15) is 0 Å². The second kappa shape index (κ2) is 4.84. The van der Waals surface area contributed by atoms with Gasteiger partial charge in [0, 0.05) is 0 Å². The molecule has 0 fully saturated rings. The zero-order valence-corrected chi connectivity index (χ0v) is 9.67. The second-order valence-electron chi connectivity index (χ2n) is 2.73. The van der Waals surface area contributed by atoms with Gasteiger partial charge in [-0.15, -0.1) is 0 Å². The number of hydrogen-bond donors (Lipinski definition) is 3. The van der Waals surface area contributed by atoms with E-state index in [0.717, 1.165) is 18.2 Å². The van der Waals surface area contributed by atoms with Crippen molar-refractivity contribution < 1.29 is 46.6 Å². The van der Waals surface area contributed by atoms with Crippen LogP contribution in [0.2, 0.25) is 0 Å². The van der Waals surface area contributed by atoms with E-state index in [1.807, 2.05) is 0 Å². The van der Waals surface area contributed by atoms with Crippen molar-refractivity contribution in [3.8, 4) is 0 Å². The van der Waals surface area contributed by atoms with Crippen LogP contribution in [0.15, 0.2) is 18.2 Å². The molecule has 3 N–H and O–H groups in total. The third kappa shape index (κ3) is 4.16. The van der Waals surface area contributed by atoms with E-state index in [4.69, 9.17) is 14.8 Å². The number of benzene rings is 1. The molecule has 0 spiro atoms. The molecular weight excluding hydrogens is 304 g/mol. The van der Waals surface area contributed by atoms with Gasteiger partial charge in [0.25, 0.3) is 0 Å². The Balaban J connectivity index is 3.31. The summed E-state index contributed by atoms with van der Waals surface area (Å²) in [6.45, 7) is 0. The predicted octanol–water partition coefficient (Wildman–Crippen LogP) is -0.406. The zero-order chi connectivity index (χ0) is 13.2. The average molecular weight is 310 g/mol. The zero-order valence-electron chi connectivity index (χ0n) is 7.92. The molecule has 0 saturated carbocycles. The Morgan fingerprint density at radius 1 is 1.00 bits per heavy atom. The van der Waals surface area contributed by atoms with E-state index >= 15 is 0 Å². The van der Waals surface area contributed by atoms with Crippen LogP contribution in [-0.2, 0) is 22.4 Å². The summed E-state index contributed by atoms with van der Waals surface area (Å²) in [6, 6.07) is 2.78. The van der Waals surface area contributed by atoms with Crippen molar-refractivity contribution in [3.63, 3.8) is 0 Å². The minimum atomic E-state index is -4.44. The van der Waals surface area contributed by atoms with Crippen LogP contribution in [0, 0.1) is 0 Å². The van der Waals surface area contributed by atoms with Crippen LogP contribution in [0.4, 0.5) is 0 Å². The number of hydrogen-bond acceptors (Lipinski definition) is 4. The normalized spacial score (nSPS) is 11.4. The van der Waals surface area contributed by atoms with E-state index in [1.54, 1.807) is 0 Å². The van der Waals surface area contributed by atoms with Crippen LogP contribution >= 0.6 is 0 Å². The van der Waals surface area contributed by atoms with Crippen molar-refractivity contribution in [1.29, 1.82) is 0 Å². The molecule has 1 rings (SSSR count). The monoisotopic (exact) mass is 309 g/mol. The molecule has 97 valence electrons. The molecule has 0 aromatic heterocycles. The maximum atomic E-state index is 10.7. The average Bonchev–Trinajstić information content (AvgIpc) is 2.14. The van der Waals surface area contributed by atoms with Gasteiger partial charge in [-0.1, -0.05) is 0 Å². The van der Waals surface area contributed by atoms with Gasteiger partial charge in [-0.05, 0) is 0 Å². The fraction of sp³-hybridized carbons (Fsp3) is 0. The molecule has 0 atom stereocenters. The Hall–Kier alpha value is -1.41. The first-order valence-electron chi connectivity index (χ1n) is 3.88. The molecule has 9 heteroatoms. The molecule has 0 aliphatic rings. The SMILES string of the molecule is O=C(O)c1c[c]([Cu][S](=O)(=O)O)cc(C(=O)O)c1. The number of carbonyl (C=O) groups is 2. The Morgan fingerprint density at radius 2 is 1.41 bits per heavy atom. The van der Waals surface area contributed by atoms with Crippen molar-refractivity contribution in [1.82, 2.24) is 0 Å². The summed E-state index contributed by atoms with van der Waals surface area (Å²) in [7, 11) is -4.44. The Morgan fingerprint density at radius 3 is 1.71 bits per heavy atom. The molecule has 0 saturated heterocycles. The summed E-state index contributed by atoms with van der Waals surface area (Å²) in [5.41, 5.74) is -0.763. The van der Waals surface area contributed by atoms with E-state index < -0.39 is 20.5 Å². The molecule has 0 amide bonds. The van der Waals surface area contributed by atoms with Crippen LogP contribution in [-0.4, -0.2) is 35.1 Å². The van der Waals surface area contributed by atoms with Crippen molar-refractivity contribution in [2.75, 3.05) is 0 Å². The molecule has 0 unspecified atom stereocenters. The molecule has 1 aromatic carbocycles. The third-order valence-electron chi connectivity index (χ3n) is 1.52. The van der Waals surface area contributed by atoms with Gasteiger partial charge in [0.1, 0.15) is 0 Å². The summed E-state index contributed by atoms with van der Waals surface area (Å²) in [5, 5.41) is 17.4. The first-order valence-corrected chi connectivity index (χ1v) is 6.78. The number of rotatable bonds is 4. The third-order valence-corrected chi connectivity index (χ3v) is 3.48. The summed E-state index contributed by atoms with van der Waals surface area (Å²) >= 11 is 0.0655. The molecule has 0 aliphatic heterocycles. The van der Waals surface area contributed by atoms with Crippen molar-refractivity contribution in [3.05, 3.63) is 29.3 Å². The van der Waals surface area contributed by atoms with E-state index in [1.165, 1.54) is 0 Å². The summed E-state index contributed by atoms with van der Waals surface area (Å²) < 4.78 is 29.5. The quantitative estimate of drug-likeness (QED) is 0.509. The van der Waals surface area contributed by atoms with Crippen molar-refractivity contribution in [2.24, 2.45) is 0 Å².